The number of benzene rings is 4. The molecule has 0 saturated carbocycles. The second-order valence-electron chi connectivity index (χ2n) is 6.72. The molecule has 32 heavy (non-hydrogen) atoms. The molecule has 0 aliphatic rings. The Kier molecular flexibility index (Phi) is 4.65. The first-order chi connectivity index (χ1) is 14.4. The second kappa shape index (κ2) is 6.55. The van der Waals surface area contributed by atoms with Crippen molar-refractivity contribution < 1.29 is 51.9 Å². The highest BCUT2D eigenvalue weighted by atomic mass is 32.2. The summed E-state index contributed by atoms with van der Waals surface area (Å²) in [5.74, 6) is 0. The predicted molar refractivity (Wildman–Crippen MR) is 109 cm³/mol. The monoisotopic (exact) mass is 522 g/mol. The van der Waals surface area contributed by atoms with E-state index in [1.54, 1.807) is 0 Å². The minimum Gasteiger partial charge on any atom is -0.282 e. The van der Waals surface area contributed by atoms with Gasteiger partial charge in [0.1, 0.15) is 19.6 Å². The standard InChI is InChI=1S/C16H10O12S4/c17-29(18,19)11-4-3-9-12(30(20,21)22)5-10-14(32(26,27)28)6-13(31(23,24)25)8-2-1-7(11)15(9)16(8)10/h1-6H,(H,17,18,19)(H,20,21,22)(H,23,24,25)(H,26,27,28). The third kappa shape index (κ3) is 3.41. The highest BCUT2D eigenvalue weighted by Gasteiger charge is 2.29. The SMILES string of the molecule is O=S(=O)(O)c1ccc2c(S(=O)(=O)O)cc3c(S(=O)(=O)O)cc(S(=O)(=O)O)c4ccc1c2c43. The van der Waals surface area contributed by atoms with E-state index in [1.165, 1.54) is 0 Å². The summed E-state index contributed by atoms with van der Waals surface area (Å²) in [6.07, 6.45) is 0. The molecule has 4 aromatic carbocycles. The summed E-state index contributed by atoms with van der Waals surface area (Å²) in [4.78, 5) is -3.72. The van der Waals surface area contributed by atoms with E-state index in [0.717, 1.165) is 24.3 Å². The van der Waals surface area contributed by atoms with E-state index in [9.17, 15) is 51.9 Å². The molecule has 4 aromatic rings. The van der Waals surface area contributed by atoms with E-state index in [2.05, 4.69) is 0 Å². The van der Waals surface area contributed by atoms with Crippen molar-refractivity contribution in [1.82, 2.24) is 0 Å². The van der Waals surface area contributed by atoms with E-state index in [4.69, 9.17) is 0 Å². The second-order valence-corrected chi connectivity index (χ2v) is 12.3. The maximum atomic E-state index is 12.0. The lowest BCUT2D eigenvalue weighted by molar-refractivity contribution is 0.479. The van der Waals surface area contributed by atoms with Crippen molar-refractivity contribution in [2.75, 3.05) is 0 Å². The first-order valence-electron chi connectivity index (χ1n) is 8.11. The van der Waals surface area contributed by atoms with Gasteiger partial charge < -0.3 is 0 Å². The van der Waals surface area contributed by atoms with Gasteiger partial charge in [0.25, 0.3) is 40.5 Å². The average molecular weight is 523 g/mol. The van der Waals surface area contributed by atoms with Gasteiger partial charge in [0.05, 0.1) is 0 Å². The Morgan fingerprint density at radius 1 is 0.406 bits per heavy atom. The van der Waals surface area contributed by atoms with Crippen LogP contribution in [0.3, 0.4) is 0 Å². The van der Waals surface area contributed by atoms with Gasteiger partial charge in [-0.2, -0.15) is 33.7 Å². The normalized spacial score (nSPS) is 14.0. The van der Waals surface area contributed by atoms with Gasteiger partial charge in [-0.05, 0) is 18.2 Å². The highest BCUT2D eigenvalue weighted by Crippen LogP contribution is 2.44. The average Bonchev–Trinajstić information content (AvgIpc) is 2.61. The van der Waals surface area contributed by atoms with Crippen molar-refractivity contribution in [3.05, 3.63) is 36.4 Å². The number of rotatable bonds is 4. The van der Waals surface area contributed by atoms with Crippen molar-refractivity contribution in [2.24, 2.45) is 0 Å². The molecular formula is C16H10O12S4. The molecule has 0 radical (unpaired) electrons. The molecule has 0 saturated heterocycles. The fraction of sp³-hybridized carbons (Fsp3) is 0. The maximum absolute atomic E-state index is 12.0. The van der Waals surface area contributed by atoms with Crippen LogP contribution in [0.2, 0.25) is 0 Å². The maximum Gasteiger partial charge on any atom is 0.295 e. The Labute approximate surface area is 180 Å². The molecule has 0 spiro atoms. The Bertz CT molecular complexity index is 1880. The van der Waals surface area contributed by atoms with Gasteiger partial charge in [0.2, 0.25) is 0 Å². The van der Waals surface area contributed by atoms with Crippen molar-refractivity contribution in [3.8, 4) is 0 Å². The van der Waals surface area contributed by atoms with Crippen LogP contribution in [0.1, 0.15) is 0 Å². The molecule has 0 unspecified atom stereocenters. The lowest BCUT2D eigenvalue weighted by atomic mass is 9.94. The third-order valence-corrected chi connectivity index (χ3v) is 8.45. The van der Waals surface area contributed by atoms with Crippen LogP contribution >= 0.6 is 0 Å². The minimum atomic E-state index is -5.23. The summed E-state index contributed by atoms with van der Waals surface area (Å²) in [6, 6.07) is 4.79. The molecule has 12 nitrogen and oxygen atoms in total. The Hall–Kier alpha value is -2.44. The molecule has 16 heteroatoms. The van der Waals surface area contributed by atoms with E-state index < -0.39 is 65.4 Å². The van der Waals surface area contributed by atoms with Crippen LogP contribution in [0.4, 0.5) is 0 Å². The summed E-state index contributed by atoms with van der Waals surface area (Å²) >= 11 is 0. The van der Waals surface area contributed by atoms with Crippen LogP contribution in [0.25, 0.3) is 32.3 Å². The summed E-state index contributed by atoms with van der Waals surface area (Å²) < 4.78 is 134. The predicted octanol–water partition coefficient (Wildman–Crippen LogP) is 1.57. The molecule has 4 rings (SSSR count). The van der Waals surface area contributed by atoms with Crippen LogP contribution in [-0.4, -0.2) is 51.9 Å². The first-order valence-corrected chi connectivity index (χ1v) is 13.9. The molecule has 4 N–H and O–H groups in total. The fourth-order valence-corrected chi connectivity index (χ4v) is 6.62. The Morgan fingerprint density at radius 2 is 0.719 bits per heavy atom. The number of hydrogen-bond donors (Lipinski definition) is 4. The van der Waals surface area contributed by atoms with Gasteiger partial charge >= 0.3 is 0 Å². The van der Waals surface area contributed by atoms with Crippen LogP contribution in [0, 0.1) is 0 Å². The molecule has 0 heterocycles. The largest absolute Gasteiger partial charge is 0.295 e. The third-order valence-electron chi connectivity index (χ3n) is 4.86. The molecule has 0 aromatic heterocycles. The quantitative estimate of drug-likeness (QED) is 0.222. The van der Waals surface area contributed by atoms with Gasteiger partial charge in [0, 0.05) is 32.3 Å². The van der Waals surface area contributed by atoms with Crippen molar-refractivity contribution in [2.45, 2.75) is 19.6 Å². The first kappa shape index (κ1) is 22.7. The Morgan fingerprint density at radius 3 is 1.16 bits per heavy atom. The van der Waals surface area contributed by atoms with Gasteiger partial charge in [0.15, 0.2) is 0 Å². The molecule has 0 atom stereocenters. The van der Waals surface area contributed by atoms with E-state index in [1.807, 2.05) is 0 Å². The van der Waals surface area contributed by atoms with Crippen molar-refractivity contribution in [3.63, 3.8) is 0 Å². The van der Waals surface area contributed by atoms with Crippen molar-refractivity contribution >= 4 is 72.8 Å². The molecular weight excluding hydrogens is 512 g/mol. The molecule has 170 valence electrons. The summed E-state index contributed by atoms with van der Waals surface area (Å²) in [5, 5.41) is -2.35. The van der Waals surface area contributed by atoms with Crippen LogP contribution < -0.4 is 0 Å². The van der Waals surface area contributed by atoms with Gasteiger partial charge in [-0.15, -0.1) is 0 Å². The summed E-state index contributed by atoms with van der Waals surface area (Å²) in [5.41, 5.74) is 0. The van der Waals surface area contributed by atoms with Gasteiger partial charge in [-0.1, -0.05) is 18.2 Å². The zero-order valence-electron chi connectivity index (χ0n) is 15.2. The van der Waals surface area contributed by atoms with E-state index in [-0.39, 0.29) is 26.9 Å². The van der Waals surface area contributed by atoms with Crippen molar-refractivity contribution in [1.29, 1.82) is 0 Å². The van der Waals surface area contributed by atoms with Crippen LogP contribution in [-0.2, 0) is 40.5 Å². The van der Waals surface area contributed by atoms with Gasteiger partial charge in [-0.3, -0.25) is 18.2 Å². The molecule has 0 bridgehead atoms. The summed E-state index contributed by atoms with van der Waals surface area (Å²) in [7, 11) is -20.3. The Balaban J connectivity index is 2.54. The van der Waals surface area contributed by atoms with Gasteiger partial charge in [-0.25, -0.2) is 0 Å². The summed E-state index contributed by atoms with van der Waals surface area (Å²) in [6.45, 7) is 0. The lowest BCUT2D eigenvalue weighted by Gasteiger charge is -2.18. The minimum absolute atomic E-state index is 0.346. The molecule has 0 fully saturated rings. The lowest BCUT2D eigenvalue weighted by Crippen LogP contribution is -2.08. The van der Waals surface area contributed by atoms with E-state index in [0.29, 0.717) is 12.1 Å². The highest BCUT2D eigenvalue weighted by molar-refractivity contribution is 7.87. The zero-order chi connectivity index (χ0) is 24.0. The van der Waals surface area contributed by atoms with Crippen LogP contribution in [0.15, 0.2) is 56.0 Å². The van der Waals surface area contributed by atoms with Crippen LogP contribution in [0.5, 0.6) is 0 Å². The molecule has 0 amide bonds. The topological polar surface area (TPSA) is 217 Å². The van der Waals surface area contributed by atoms with E-state index >= 15 is 0 Å². The zero-order valence-corrected chi connectivity index (χ0v) is 18.4. The smallest absolute Gasteiger partial charge is 0.282 e. The fourth-order valence-electron chi connectivity index (χ4n) is 3.73. The molecule has 0 aliphatic heterocycles. The number of hydrogen-bond acceptors (Lipinski definition) is 8. The molecule has 0 aliphatic carbocycles.